The molecule has 0 aliphatic carbocycles. The lowest BCUT2D eigenvalue weighted by molar-refractivity contribution is -0.116. The third-order valence-corrected chi connectivity index (χ3v) is 5.47. The van der Waals surface area contributed by atoms with Crippen LogP contribution in [0.2, 0.25) is 0 Å². The van der Waals surface area contributed by atoms with E-state index in [1.807, 2.05) is 73.9 Å². The van der Waals surface area contributed by atoms with Gasteiger partial charge in [-0.25, -0.2) is 4.79 Å². The molecule has 1 aromatic heterocycles. The second-order valence-electron chi connectivity index (χ2n) is 7.75. The summed E-state index contributed by atoms with van der Waals surface area (Å²) in [7, 11) is 1.62. The molecule has 0 spiro atoms. The van der Waals surface area contributed by atoms with Crippen molar-refractivity contribution in [1.82, 2.24) is 4.57 Å². The molecular weight excluding hydrogens is 404 g/mol. The summed E-state index contributed by atoms with van der Waals surface area (Å²) in [5, 5.41) is 2.99. The van der Waals surface area contributed by atoms with Crippen molar-refractivity contribution in [3.63, 3.8) is 0 Å². The molecule has 0 aliphatic heterocycles. The van der Waals surface area contributed by atoms with Crippen molar-refractivity contribution in [2.45, 2.75) is 40.7 Å². The van der Waals surface area contributed by atoms with Crippen LogP contribution in [0.5, 0.6) is 5.75 Å². The van der Waals surface area contributed by atoms with Crippen LogP contribution in [-0.2, 0) is 16.1 Å². The van der Waals surface area contributed by atoms with Crippen LogP contribution in [0.1, 0.15) is 40.5 Å². The van der Waals surface area contributed by atoms with Gasteiger partial charge in [-0.05, 0) is 75.2 Å². The smallest absolute Gasteiger partial charge is 0.339 e. The van der Waals surface area contributed by atoms with Gasteiger partial charge in [-0.1, -0.05) is 17.7 Å². The number of ether oxygens (including phenoxy) is 2. The lowest BCUT2D eigenvalue weighted by Gasteiger charge is -2.14. The molecule has 168 valence electrons. The maximum atomic E-state index is 12.7. The lowest BCUT2D eigenvalue weighted by atomic mass is 10.1. The first-order valence-corrected chi connectivity index (χ1v) is 10.7. The second kappa shape index (κ2) is 10.2. The summed E-state index contributed by atoms with van der Waals surface area (Å²) in [5.74, 6) is 0.309. The molecule has 0 unspecified atom stereocenters. The Labute approximate surface area is 189 Å². The number of rotatable bonds is 8. The molecule has 3 aromatic rings. The maximum absolute atomic E-state index is 12.7. The average Bonchev–Trinajstić information content (AvgIpc) is 3.10. The number of hydrogen-bond donors (Lipinski definition) is 1. The zero-order valence-corrected chi connectivity index (χ0v) is 19.3. The third kappa shape index (κ3) is 5.19. The molecule has 0 saturated carbocycles. The van der Waals surface area contributed by atoms with E-state index in [0.29, 0.717) is 18.7 Å². The van der Waals surface area contributed by atoms with Crippen LogP contribution < -0.4 is 10.1 Å². The molecule has 0 aliphatic rings. The molecule has 1 N–H and O–H groups in total. The van der Waals surface area contributed by atoms with Crippen LogP contribution in [0.15, 0.2) is 48.5 Å². The molecular formula is C26H30N2O4. The number of aryl methyl sites for hydroxylation is 2. The Kier molecular flexibility index (Phi) is 7.36. The van der Waals surface area contributed by atoms with E-state index in [4.69, 9.17) is 9.47 Å². The molecule has 3 rings (SSSR count). The van der Waals surface area contributed by atoms with Gasteiger partial charge in [-0.15, -0.1) is 0 Å². The molecule has 0 fully saturated rings. The first kappa shape index (κ1) is 23.1. The number of benzene rings is 2. The number of aromatic nitrogens is 1. The number of hydrogen-bond acceptors (Lipinski definition) is 4. The molecule has 0 bridgehead atoms. The van der Waals surface area contributed by atoms with Gasteiger partial charge < -0.3 is 19.4 Å². The van der Waals surface area contributed by atoms with Crippen molar-refractivity contribution < 1.29 is 19.1 Å². The molecule has 0 saturated heterocycles. The number of carbonyl (C=O) groups is 2. The Balaban J connectivity index is 1.86. The van der Waals surface area contributed by atoms with E-state index >= 15 is 0 Å². The highest BCUT2D eigenvalue weighted by molar-refractivity contribution is 5.93. The monoisotopic (exact) mass is 434 g/mol. The minimum atomic E-state index is -0.363. The SMILES string of the molecule is CCOC(=O)c1cc(-c2ccc(OC)cc2)n(CCC(=O)Nc2ccc(C)cc2C)c1C. The molecule has 1 heterocycles. The van der Waals surface area contributed by atoms with Crippen molar-refractivity contribution in [1.29, 1.82) is 0 Å². The highest BCUT2D eigenvalue weighted by Crippen LogP contribution is 2.28. The van der Waals surface area contributed by atoms with Crippen LogP contribution in [0.4, 0.5) is 5.69 Å². The molecule has 0 atom stereocenters. The fraction of sp³-hybridized carbons (Fsp3) is 0.308. The first-order chi connectivity index (χ1) is 15.3. The Morgan fingerprint density at radius 3 is 2.34 bits per heavy atom. The van der Waals surface area contributed by atoms with Gasteiger partial charge in [0.15, 0.2) is 0 Å². The van der Waals surface area contributed by atoms with Gasteiger partial charge in [-0.3, -0.25) is 4.79 Å². The Bertz CT molecular complexity index is 1110. The summed E-state index contributed by atoms with van der Waals surface area (Å²) in [6, 6.07) is 15.4. The molecule has 2 aromatic carbocycles. The maximum Gasteiger partial charge on any atom is 0.339 e. The number of amides is 1. The van der Waals surface area contributed by atoms with Gasteiger partial charge in [0.1, 0.15) is 5.75 Å². The zero-order chi connectivity index (χ0) is 23.3. The first-order valence-electron chi connectivity index (χ1n) is 10.7. The fourth-order valence-electron chi connectivity index (χ4n) is 3.73. The molecule has 6 heteroatoms. The van der Waals surface area contributed by atoms with E-state index in [9.17, 15) is 9.59 Å². The van der Waals surface area contributed by atoms with Crippen LogP contribution >= 0.6 is 0 Å². The quantitative estimate of drug-likeness (QED) is 0.489. The summed E-state index contributed by atoms with van der Waals surface area (Å²) in [4.78, 5) is 25.1. The Hall–Kier alpha value is -3.54. The Morgan fingerprint density at radius 1 is 1.00 bits per heavy atom. The minimum absolute atomic E-state index is 0.0802. The van der Waals surface area contributed by atoms with Crippen LogP contribution in [0.3, 0.4) is 0 Å². The predicted molar refractivity (Wildman–Crippen MR) is 126 cm³/mol. The standard InChI is InChI=1S/C26H30N2O4/c1-6-32-26(30)22-16-24(20-8-10-21(31-5)11-9-20)28(19(22)4)14-13-25(29)27-23-12-7-17(2)15-18(23)3/h7-12,15-16H,6,13-14H2,1-5H3,(H,27,29). The van der Waals surface area contributed by atoms with Gasteiger partial charge in [0.2, 0.25) is 5.91 Å². The average molecular weight is 435 g/mol. The number of nitrogens with one attached hydrogen (secondary N) is 1. The number of esters is 1. The molecule has 6 nitrogen and oxygen atoms in total. The van der Waals surface area contributed by atoms with E-state index in [0.717, 1.165) is 39.5 Å². The second-order valence-corrected chi connectivity index (χ2v) is 7.75. The topological polar surface area (TPSA) is 69.6 Å². The molecule has 1 amide bonds. The molecule has 0 radical (unpaired) electrons. The summed E-state index contributed by atoms with van der Waals surface area (Å²) in [5.41, 5.74) is 6.05. The van der Waals surface area contributed by atoms with Crippen molar-refractivity contribution >= 4 is 17.6 Å². The van der Waals surface area contributed by atoms with E-state index in [1.165, 1.54) is 0 Å². The highest BCUT2D eigenvalue weighted by atomic mass is 16.5. The predicted octanol–water partition coefficient (Wildman–Crippen LogP) is 5.29. The van der Waals surface area contributed by atoms with Crippen molar-refractivity contribution in [2.75, 3.05) is 19.0 Å². The summed E-state index contributed by atoms with van der Waals surface area (Å²) < 4.78 is 12.5. The van der Waals surface area contributed by atoms with Crippen LogP contribution in [0.25, 0.3) is 11.3 Å². The Morgan fingerprint density at radius 2 is 1.72 bits per heavy atom. The largest absolute Gasteiger partial charge is 0.497 e. The van der Waals surface area contributed by atoms with Crippen molar-refractivity contribution in [3.05, 3.63) is 70.9 Å². The lowest BCUT2D eigenvalue weighted by Crippen LogP contribution is -2.16. The summed E-state index contributed by atoms with van der Waals surface area (Å²) in [6.45, 7) is 8.40. The van der Waals surface area contributed by atoms with Crippen LogP contribution in [0, 0.1) is 20.8 Å². The van der Waals surface area contributed by atoms with Crippen LogP contribution in [-0.4, -0.2) is 30.2 Å². The number of anilines is 1. The van der Waals surface area contributed by atoms with E-state index < -0.39 is 0 Å². The van der Waals surface area contributed by atoms with Gasteiger partial charge >= 0.3 is 5.97 Å². The molecule has 32 heavy (non-hydrogen) atoms. The number of methoxy groups -OCH3 is 1. The van der Waals surface area contributed by atoms with Gasteiger partial charge in [0, 0.05) is 30.0 Å². The van der Waals surface area contributed by atoms with E-state index in [-0.39, 0.29) is 18.3 Å². The summed E-state index contributed by atoms with van der Waals surface area (Å²) >= 11 is 0. The van der Waals surface area contributed by atoms with Crippen molar-refractivity contribution in [2.24, 2.45) is 0 Å². The normalized spacial score (nSPS) is 10.7. The van der Waals surface area contributed by atoms with Gasteiger partial charge in [0.05, 0.1) is 19.3 Å². The third-order valence-electron chi connectivity index (χ3n) is 5.47. The van der Waals surface area contributed by atoms with Gasteiger partial charge in [0.25, 0.3) is 0 Å². The summed E-state index contributed by atoms with van der Waals surface area (Å²) in [6.07, 6.45) is 0.272. The van der Waals surface area contributed by atoms with Crippen molar-refractivity contribution in [3.8, 4) is 17.0 Å². The van der Waals surface area contributed by atoms with E-state index in [2.05, 4.69) is 5.32 Å². The zero-order valence-electron chi connectivity index (χ0n) is 19.3. The van der Waals surface area contributed by atoms with Gasteiger partial charge in [-0.2, -0.15) is 0 Å². The fourth-order valence-corrected chi connectivity index (χ4v) is 3.73. The number of nitrogens with zero attached hydrogens (tertiary/aromatic N) is 1. The highest BCUT2D eigenvalue weighted by Gasteiger charge is 2.20. The minimum Gasteiger partial charge on any atom is -0.497 e. The number of carbonyl (C=O) groups excluding carboxylic acids is 2. The van der Waals surface area contributed by atoms with E-state index in [1.54, 1.807) is 14.0 Å².